The Labute approximate surface area is 93.6 Å². The lowest BCUT2D eigenvalue weighted by Gasteiger charge is -2.09. The number of nitrogens with two attached hydrogens (primary N) is 1. The van der Waals surface area contributed by atoms with Crippen LogP contribution in [-0.2, 0) is 9.84 Å². The summed E-state index contributed by atoms with van der Waals surface area (Å²) in [6, 6.07) is 6.11. The van der Waals surface area contributed by atoms with Crippen LogP contribution >= 0.6 is 11.6 Å². The van der Waals surface area contributed by atoms with Gasteiger partial charge < -0.3 is 10.8 Å². The highest BCUT2D eigenvalue weighted by atomic mass is 35.5. The molecule has 1 atom stereocenters. The van der Waals surface area contributed by atoms with Crippen molar-refractivity contribution in [1.29, 1.82) is 0 Å². The molecule has 1 rings (SSSR count). The Balaban J connectivity index is 3.02. The molecule has 6 heteroatoms. The van der Waals surface area contributed by atoms with Crippen LogP contribution in [0.25, 0.3) is 0 Å². The van der Waals surface area contributed by atoms with E-state index in [1.807, 2.05) is 0 Å². The van der Waals surface area contributed by atoms with Crippen LogP contribution in [0.4, 0.5) is 0 Å². The summed E-state index contributed by atoms with van der Waals surface area (Å²) in [7, 11) is -3.56. The van der Waals surface area contributed by atoms with E-state index in [1.165, 1.54) is 12.1 Å². The minimum absolute atomic E-state index is 0.0270. The molecule has 3 N–H and O–H groups in total. The van der Waals surface area contributed by atoms with E-state index < -0.39 is 21.7 Å². The van der Waals surface area contributed by atoms with Gasteiger partial charge in [0.25, 0.3) is 0 Å². The van der Waals surface area contributed by atoms with Crippen molar-refractivity contribution in [3.05, 3.63) is 29.3 Å². The second kappa shape index (κ2) is 4.94. The first-order valence-electron chi connectivity index (χ1n) is 4.33. The van der Waals surface area contributed by atoms with Gasteiger partial charge in [-0.2, -0.15) is 0 Å². The summed E-state index contributed by atoms with van der Waals surface area (Å²) in [5, 5.41) is 9.35. The first-order chi connectivity index (χ1) is 6.97. The van der Waals surface area contributed by atoms with Crippen LogP contribution in [0.1, 0.15) is 0 Å². The van der Waals surface area contributed by atoms with Crippen molar-refractivity contribution in [2.24, 2.45) is 5.73 Å². The van der Waals surface area contributed by atoms with Gasteiger partial charge in [-0.15, -0.1) is 0 Å². The zero-order valence-electron chi connectivity index (χ0n) is 7.93. The SMILES string of the molecule is NCC(O)CS(=O)(=O)c1ccccc1Cl. The third-order valence-electron chi connectivity index (χ3n) is 1.86. The summed E-state index contributed by atoms with van der Waals surface area (Å²) in [4.78, 5) is 0.0270. The predicted octanol–water partition coefficient (Wildman–Crippen LogP) is 0.433. The Kier molecular flexibility index (Phi) is 4.10. The smallest absolute Gasteiger partial charge is 0.182 e. The van der Waals surface area contributed by atoms with Gasteiger partial charge in [-0.25, -0.2) is 8.42 Å². The van der Waals surface area contributed by atoms with E-state index in [-0.39, 0.29) is 16.5 Å². The van der Waals surface area contributed by atoms with Crippen LogP contribution in [0.3, 0.4) is 0 Å². The highest BCUT2D eigenvalue weighted by molar-refractivity contribution is 7.91. The normalized spacial score (nSPS) is 13.8. The molecule has 0 bridgehead atoms. The van der Waals surface area contributed by atoms with E-state index in [2.05, 4.69) is 0 Å². The summed E-state index contributed by atoms with van der Waals surface area (Å²) in [5.74, 6) is -0.409. The Morgan fingerprint density at radius 1 is 1.40 bits per heavy atom. The molecule has 0 saturated heterocycles. The maximum atomic E-state index is 11.7. The summed E-state index contributed by atoms with van der Waals surface area (Å²) < 4.78 is 23.4. The van der Waals surface area contributed by atoms with E-state index in [0.717, 1.165) is 0 Å². The van der Waals surface area contributed by atoms with Crippen LogP contribution in [0.15, 0.2) is 29.2 Å². The number of aliphatic hydroxyl groups excluding tert-OH is 1. The summed E-state index contributed by atoms with van der Waals surface area (Å²) >= 11 is 5.74. The number of hydrogen-bond donors (Lipinski definition) is 2. The number of rotatable bonds is 4. The largest absolute Gasteiger partial charge is 0.391 e. The Morgan fingerprint density at radius 3 is 2.53 bits per heavy atom. The van der Waals surface area contributed by atoms with E-state index in [0.29, 0.717) is 0 Å². The van der Waals surface area contributed by atoms with Crippen LogP contribution < -0.4 is 5.73 Å². The van der Waals surface area contributed by atoms with Gasteiger partial charge in [0.05, 0.1) is 21.8 Å². The number of benzene rings is 1. The summed E-state index contributed by atoms with van der Waals surface area (Å²) in [5.41, 5.74) is 5.15. The summed E-state index contributed by atoms with van der Waals surface area (Å²) in [6.07, 6.45) is -1.06. The fourth-order valence-electron chi connectivity index (χ4n) is 1.11. The molecular weight excluding hydrogens is 238 g/mol. The Hall–Kier alpha value is -0.620. The Bertz CT molecular complexity index is 433. The first-order valence-corrected chi connectivity index (χ1v) is 6.36. The number of halogens is 1. The molecule has 0 heterocycles. The molecule has 1 aromatic carbocycles. The highest BCUT2D eigenvalue weighted by Gasteiger charge is 2.20. The zero-order chi connectivity index (χ0) is 11.5. The van der Waals surface area contributed by atoms with Crippen LogP contribution in [0.5, 0.6) is 0 Å². The lowest BCUT2D eigenvalue weighted by Crippen LogP contribution is -2.28. The van der Waals surface area contributed by atoms with Gasteiger partial charge >= 0.3 is 0 Å². The van der Waals surface area contributed by atoms with Crippen LogP contribution in [0.2, 0.25) is 5.02 Å². The van der Waals surface area contributed by atoms with Gasteiger partial charge in [0.1, 0.15) is 0 Å². The third-order valence-corrected chi connectivity index (χ3v) is 4.15. The molecule has 4 nitrogen and oxygen atoms in total. The third kappa shape index (κ3) is 3.17. The van der Waals surface area contributed by atoms with Crippen molar-refractivity contribution < 1.29 is 13.5 Å². The first kappa shape index (κ1) is 12.4. The lowest BCUT2D eigenvalue weighted by atomic mass is 10.4. The second-order valence-electron chi connectivity index (χ2n) is 3.10. The van der Waals surface area contributed by atoms with Crippen molar-refractivity contribution in [3.8, 4) is 0 Å². The van der Waals surface area contributed by atoms with Gasteiger partial charge in [-0.1, -0.05) is 23.7 Å². The molecule has 1 unspecified atom stereocenters. The van der Waals surface area contributed by atoms with E-state index in [1.54, 1.807) is 12.1 Å². The topological polar surface area (TPSA) is 80.4 Å². The molecule has 15 heavy (non-hydrogen) atoms. The highest BCUT2D eigenvalue weighted by Crippen LogP contribution is 2.21. The van der Waals surface area contributed by atoms with Crippen molar-refractivity contribution in [1.82, 2.24) is 0 Å². The predicted molar refractivity (Wildman–Crippen MR) is 58.6 cm³/mol. The minimum Gasteiger partial charge on any atom is -0.391 e. The quantitative estimate of drug-likeness (QED) is 0.811. The van der Waals surface area contributed by atoms with Crippen molar-refractivity contribution in [3.63, 3.8) is 0 Å². The lowest BCUT2D eigenvalue weighted by molar-refractivity contribution is 0.205. The molecule has 0 aliphatic carbocycles. The average molecular weight is 250 g/mol. The zero-order valence-corrected chi connectivity index (χ0v) is 9.50. The molecule has 0 aliphatic heterocycles. The number of hydrogen-bond acceptors (Lipinski definition) is 4. The van der Waals surface area contributed by atoms with E-state index in [9.17, 15) is 13.5 Å². The number of aliphatic hydroxyl groups is 1. The van der Waals surface area contributed by atoms with E-state index in [4.69, 9.17) is 17.3 Å². The maximum absolute atomic E-state index is 11.7. The van der Waals surface area contributed by atoms with Gasteiger partial charge in [0.15, 0.2) is 9.84 Å². The molecule has 0 aliphatic rings. The minimum atomic E-state index is -3.56. The van der Waals surface area contributed by atoms with Crippen LogP contribution in [-0.4, -0.2) is 31.9 Å². The standard InChI is InChI=1S/C9H12ClNO3S/c10-8-3-1-2-4-9(8)15(13,14)6-7(12)5-11/h1-4,7,12H,5-6,11H2. The van der Waals surface area contributed by atoms with Crippen LogP contribution in [0, 0.1) is 0 Å². The molecule has 1 aromatic rings. The maximum Gasteiger partial charge on any atom is 0.182 e. The monoisotopic (exact) mass is 249 g/mol. The molecular formula is C9H12ClNO3S. The molecule has 0 radical (unpaired) electrons. The fraction of sp³-hybridized carbons (Fsp3) is 0.333. The molecule has 0 fully saturated rings. The molecule has 0 aromatic heterocycles. The van der Waals surface area contributed by atoms with Gasteiger partial charge in [0.2, 0.25) is 0 Å². The second-order valence-corrected chi connectivity index (χ2v) is 5.51. The molecule has 0 spiro atoms. The van der Waals surface area contributed by atoms with Crippen molar-refractivity contribution in [2.75, 3.05) is 12.3 Å². The molecule has 84 valence electrons. The van der Waals surface area contributed by atoms with Crippen molar-refractivity contribution >= 4 is 21.4 Å². The van der Waals surface area contributed by atoms with Gasteiger partial charge in [-0.05, 0) is 12.1 Å². The fourth-order valence-corrected chi connectivity index (χ4v) is 3.07. The molecule has 0 amide bonds. The Morgan fingerprint density at radius 2 is 2.00 bits per heavy atom. The number of sulfone groups is 1. The molecule has 0 saturated carbocycles. The van der Waals surface area contributed by atoms with Gasteiger partial charge in [-0.3, -0.25) is 0 Å². The van der Waals surface area contributed by atoms with E-state index >= 15 is 0 Å². The summed E-state index contributed by atoms with van der Waals surface area (Å²) in [6.45, 7) is -0.0936. The van der Waals surface area contributed by atoms with Crippen molar-refractivity contribution in [2.45, 2.75) is 11.0 Å². The average Bonchev–Trinajstić information content (AvgIpc) is 2.17. The van der Waals surface area contributed by atoms with Gasteiger partial charge in [0, 0.05) is 6.54 Å².